The second-order valence-corrected chi connectivity index (χ2v) is 6.31. The molecule has 0 spiro atoms. The van der Waals surface area contributed by atoms with E-state index in [2.05, 4.69) is 0 Å². The van der Waals surface area contributed by atoms with E-state index in [0.29, 0.717) is 22.4 Å². The van der Waals surface area contributed by atoms with Crippen LogP contribution in [0.4, 0.5) is 0 Å². The normalized spacial score (nSPS) is 9.80. The van der Waals surface area contributed by atoms with Gasteiger partial charge in [-0.25, -0.2) is 0 Å². The molecule has 6 heteroatoms. The first-order valence-electron chi connectivity index (χ1n) is 9.38. The highest BCUT2D eigenvalue weighted by Crippen LogP contribution is 2.19. The van der Waals surface area contributed by atoms with E-state index in [1.54, 1.807) is 24.3 Å². The molecular formula is C24H20B2O4. The lowest BCUT2D eigenvalue weighted by Gasteiger charge is -2.07. The third-order valence-corrected chi connectivity index (χ3v) is 4.05. The van der Waals surface area contributed by atoms with Crippen molar-refractivity contribution in [1.82, 2.24) is 0 Å². The number of hydrogen-bond donors (Lipinski definition) is 2. The van der Waals surface area contributed by atoms with Gasteiger partial charge in [0.2, 0.25) is 0 Å². The monoisotopic (exact) mass is 394 g/mol. The van der Waals surface area contributed by atoms with E-state index >= 15 is 0 Å². The van der Waals surface area contributed by atoms with Crippen molar-refractivity contribution < 1.29 is 19.5 Å². The molecule has 0 amide bonds. The van der Waals surface area contributed by atoms with Crippen LogP contribution in [0.2, 0.25) is 0 Å². The maximum atomic E-state index is 8.92. The molecule has 146 valence electrons. The number of para-hydroxylation sites is 3. The van der Waals surface area contributed by atoms with Gasteiger partial charge in [0.1, 0.15) is 30.8 Å². The van der Waals surface area contributed by atoms with Crippen molar-refractivity contribution in [2.24, 2.45) is 0 Å². The van der Waals surface area contributed by atoms with Crippen LogP contribution in [0.5, 0.6) is 23.0 Å². The van der Waals surface area contributed by atoms with Crippen LogP contribution in [0.3, 0.4) is 0 Å². The molecule has 2 radical (unpaired) electrons. The molecule has 0 aliphatic heterocycles. The molecule has 0 saturated carbocycles. The molecule has 0 aromatic heterocycles. The van der Waals surface area contributed by atoms with Gasteiger partial charge in [-0.1, -0.05) is 72.2 Å². The molecule has 0 heterocycles. The van der Waals surface area contributed by atoms with Crippen molar-refractivity contribution in [3.8, 4) is 23.0 Å². The lowest BCUT2D eigenvalue weighted by Crippen LogP contribution is -2.29. The van der Waals surface area contributed by atoms with Crippen LogP contribution in [-0.4, -0.2) is 25.0 Å². The van der Waals surface area contributed by atoms with E-state index < -0.39 is 7.12 Å². The van der Waals surface area contributed by atoms with E-state index in [0.717, 1.165) is 11.5 Å². The molecular weight excluding hydrogens is 374 g/mol. The number of hydrogen-bond acceptors (Lipinski definition) is 4. The fourth-order valence-corrected chi connectivity index (χ4v) is 2.52. The summed E-state index contributed by atoms with van der Waals surface area (Å²) in [5, 5.41) is 17.8. The lowest BCUT2D eigenvalue weighted by molar-refractivity contribution is 0.425. The van der Waals surface area contributed by atoms with E-state index in [-0.39, 0.29) is 0 Å². The van der Waals surface area contributed by atoms with Gasteiger partial charge in [0.05, 0.1) is 0 Å². The molecule has 0 saturated heterocycles. The summed E-state index contributed by atoms with van der Waals surface area (Å²) in [4.78, 5) is 0. The first-order valence-corrected chi connectivity index (χ1v) is 9.38. The maximum absolute atomic E-state index is 8.92. The molecule has 0 atom stereocenters. The standard InChI is InChI=1S/C12H11BO3.C12H9BO/c14-13(15)10-6-8-12(9-7-10)16-11-4-2-1-3-5-11;13-11-8-4-5-9-12(11)14-10-6-2-1-3-7-10/h1-9,14-15H;1-9H. The quantitative estimate of drug-likeness (QED) is 0.510. The van der Waals surface area contributed by atoms with Crippen LogP contribution in [0.25, 0.3) is 0 Å². The van der Waals surface area contributed by atoms with Crippen molar-refractivity contribution in [3.05, 3.63) is 109 Å². The Morgan fingerprint density at radius 3 is 1.53 bits per heavy atom. The number of ether oxygens (including phenoxy) is 2. The van der Waals surface area contributed by atoms with Gasteiger partial charge in [-0.05, 0) is 47.9 Å². The second kappa shape index (κ2) is 10.9. The summed E-state index contributed by atoms with van der Waals surface area (Å²) in [7, 11) is 4.30. The van der Waals surface area contributed by atoms with Crippen LogP contribution < -0.4 is 20.4 Å². The number of rotatable bonds is 5. The zero-order valence-electron chi connectivity index (χ0n) is 16.3. The molecule has 4 nitrogen and oxygen atoms in total. The Kier molecular flexibility index (Phi) is 7.72. The SMILES string of the molecule is OB(O)c1ccc(Oc2ccccc2)cc1.[B]c1ccccc1Oc1ccccc1. The van der Waals surface area contributed by atoms with Gasteiger partial charge < -0.3 is 19.5 Å². The predicted molar refractivity (Wildman–Crippen MR) is 121 cm³/mol. The molecule has 0 aliphatic carbocycles. The Bertz CT molecular complexity index is 1020. The smallest absolute Gasteiger partial charge is 0.458 e. The van der Waals surface area contributed by atoms with E-state index in [9.17, 15) is 0 Å². The zero-order valence-corrected chi connectivity index (χ0v) is 16.3. The van der Waals surface area contributed by atoms with Gasteiger partial charge in [0.15, 0.2) is 0 Å². The lowest BCUT2D eigenvalue weighted by atomic mass is 9.80. The van der Waals surface area contributed by atoms with Crippen LogP contribution in [0.1, 0.15) is 0 Å². The highest BCUT2D eigenvalue weighted by atomic mass is 16.5. The highest BCUT2D eigenvalue weighted by Gasteiger charge is 2.09. The van der Waals surface area contributed by atoms with E-state index in [4.69, 9.17) is 27.4 Å². The average molecular weight is 394 g/mol. The van der Waals surface area contributed by atoms with Gasteiger partial charge in [0.25, 0.3) is 0 Å². The van der Waals surface area contributed by atoms with Crippen molar-refractivity contribution >= 4 is 25.9 Å². The van der Waals surface area contributed by atoms with Gasteiger partial charge in [-0.15, -0.1) is 0 Å². The summed E-state index contributed by atoms with van der Waals surface area (Å²) in [6.45, 7) is 0. The molecule has 4 rings (SSSR count). The molecule has 30 heavy (non-hydrogen) atoms. The third kappa shape index (κ3) is 6.55. The number of benzene rings is 4. The fraction of sp³-hybridized carbons (Fsp3) is 0. The molecule has 4 aromatic carbocycles. The summed E-state index contributed by atoms with van der Waals surface area (Å²) in [6.07, 6.45) is 0. The maximum Gasteiger partial charge on any atom is 0.488 e. The van der Waals surface area contributed by atoms with Gasteiger partial charge in [-0.2, -0.15) is 0 Å². The van der Waals surface area contributed by atoms with Gasteiger partial charge in [-0.3, -0.25) is 0 Å². The van der Waals surface area contributed by atoms with Crippen LogP contribution in [0, 0.1) is 0 Å². The predicted octanol–water partition coefficient (Wildman–Crippen LogP) is 3.43. The van der Waals surface area contributed by atoms with Gasteiger partial charge >= 0.3 is 7.12 Å². The summed E-state index contributed by atoms with van der Waals surface area (Å²) < 4.78 is 11.1. The van der Waals surface area contributed by atoms with Crippen LogP contribution >= 0.6 is 0 Å². The zero-order chi connectivity index (χ0) is 21.2. The third-order valence-electron chi connectivity index (χ3n) is 4.05. The molecule has 0 aliphatic rings. The summed E-state index contributed by atoms with van der Waals surface area (Å²) >= 11 is 0. The van der Waals surface area contributed by atoms with E-state index in [1.807, 2.05) is 84.9 Å². The summed E-state index contributed by atoms with van der Waals surface area (Å²) in [5.74, 6) is 2.90. The molecule has 0 unspecified atom stereocenters. The van der Waals surface area contributed by atoms with Crippen molar-refractivity contribution in [1.29, 1.82) is 0 Å². The largest absolute Gasteiger partial charge is 0.488 e. The fourth-order valence-electron chi connectivity index (χ4n) is 2.52. The Morgan fingerprint density at radius 1 is 0.533 bits per heavy atom. The minimum Gasteiger partial charge on any atom is -0.458 e. The van der Waals surface area contributed by atoms with Crippen LogP contribution in [0.15, 0.2) is 109 Å². The Balaban J connectivity index is 0.000000172. The summed E-state index contributed by atoms with van der Waals surface area (Å²) in [6, 6.07) is 33.1. The molecule has 4 aromatic rings. The first-order chi connectivity index (χ1) is 14.6. The molecule has 0 fully saturated rings. The summed E-state index contributed by atoms with van der Waals surface area (Å²) in [5.41, 5.74) is 1.09. The van der Waals surface area contributed by atoms with Gasteiger partial charge in [0, 0.05) is 0 Å². The van der Waals surface area contributed by atoms with Crippen molar-refractivity contribution in [2.75, 3.05) is 0 Å². The minimum atomic E-state index is -1.44. The minimum absolute atomic E-state index is 0.445. The Hall–Kier alpha value is -3.47. The van der Waals surface area contributed by atoms with Crippen LogP contribution in [-0.2, 0) is 0 Å². The first kappa shape index (κ1) is 21.2. The van der Waals surface area contributed by atoms with E-state index in [1.165, 1.54) is 0 Å². The molecule has 0 bridgehead atoms. The average Bonchev–Trinajstić information content (AvgIpc) is 2.78. The topological polar surface area (TPSA) is 58.9 Å². The molecule has 2 N–H and O–H groups in total. The highest BCUT2D eigenvalue weighted by molar-refractivity contribution is 6.58. The van der Waals surface area contributed by atoms with Crippen molar-refractivity contribution in [3.63, 3.8) is 0 Å². The Morgan fingerprint density at radius 2 is 1.00 bits per heavy atom. The van der Waals surface area contributed by atoms with Crippen molar-refractivity contribution in [2.45, 2.75) is 0 Å². The second-order valence-electron chi connectivity index (χ2n) is 6.31. The Labute approximate surface area is 177 Å².